The van der Waals surface area contributed by atoms with E-state index in [1.165, 1.54) is 22.2 Å². The van der Waals surface area contributed by atoms with Crippen LogP contribution in [0.2, 0.25) is 0 Å². The second-order valence-corrected chi connectivity index (χ2v) is 11.4. The third-order valence-corrected chi connectivity index (χ3v) is 8.46. The number of aliphatic carboxylic acids is 1. The highest BCUT2D eigenvalue weighted by Gasteiger charge is 2.64. The van der Waals surface area contributed by atoms with Crippen molar-refractivity contribution in [2.45, 2.75) is 61.2 Å². The Morgan fingerprint density at radius 2 is 1.83 bits per heavy atom. The number of carbonyl (C=O) groups excluding carboxylic acids is 3. The van der Waals surface area contributed by atoms with E-state index in [9.17, 15) is 24.3 Å². The van der Waals surface area contributed by atoms with E-state index >= 15 is 0 Å². The molecular formula is C26H26N2O6S. The van der Waals surface area contributed by atoms with Gasteiger partial charge in [0, 0.05) is 4.75 Å². The number of nitrogens with zero attached hydrogens (tertiary/aromatic N) is 1. The van der Waals surface area contributed by atoms with E-state index in [-0.39, 0.29) is 0 Å². The van der Waals surface area contributed by atoms with E-state index in [4.69, 9.17) is 4.74 Å². The molecule has 35 heavy (non-hydrogen) atoms. The number of β-lactam (4-membered cyclic amide) rings is 1. The molecule has 0 bridgehead atoms. The molecule has 5 rings (SSSR count). The van der Waals surface area contributed by atoms with Gasteiger partial charge in [-0.05, 0) is 61.9 Å². The first-order valence-corrected chi connectivity index (χ1v) is 12.5. The van der Waals surface area contributed by atoms with Crippen LogP contribution in [0.15, 0.2) is 48.5 Å². The molecule has 3 aliphatic rings. The van der Waals surface area contributed by atoms with Crippen LogP contribution >= 0.6 is 11.8 Å². The normalized spacial score (nSPS) is 24.7. The van der Waals surface area contributed by atoms with Gasteiger partial charge in [-0.2, -0.15) is 0 Å². The molecule has 9 heteroatoms. The number of carbonyl (C=O) groups is 4. The number of fused-ring (bicyclic) bond motifs is 2. The second kappa shape index (κ2) is 8.71. The van der Waals surface area contributed by atoms with Crippen LogP contribution in [0.5, 0.6) is 5.75 Å². The summed E-state index contributed by atoms with van der Waals surface area (Å²) in [5.41, 5.74) is 2.83. The largest absolute Gasteiger partial charge is 0.480 e. The Bertz CT molecular complexity index is 1210. The number of carboxylic acid groups (broad SMARTS) is 1. The highest BCUT2D eigenvalue weighted by Crippen LogP contribution is 2.50. The topological polar surface area (TPSA) is 113 Å². The monoisotopic (exact) mass is 494 g/mol. The first-order chi connectivity index (χ1) is 16.7. The molecule has 2 saturated heterocycles. The summed E-state index contributed by atoms with van der Waals surface area (Å²) in [4.78, 5) is 52.5. The lowest BCUT2D eigenvalue weighted by atomic mass is 9.94. The number of thioether (sulfide) groups is 1. The number of benzene rings is 2. The van der Waals surface area contributed by atoms with Crippen LogP contribution in [-0.2, 0) is 32.0 Å². The van der Waals surface area contributed by atoms with Crippen molar-refractivity contribution in [3.8, 4) is 5.75 Å². The van der Waals surface area contributed by atoms with Crippen molar-refractivity contribution in [3.63, 3.8) is 0 Å². The molecule has 2 aromatic rings. The van der Waals surface area contributed by atoms with E-state index in [1.54, 1.807) is 50.2 Å². The van der Waals surface area contributed by atoms with Crippen molar-refractivity contribution in [2.24, 2.45) is 0 Å². The Morgan fingerprint density at radius 3 is 2.54 bits per heavy atom. The van der Waals surface area contributed by atoms with Crippen LogP contribution in [0.25, 0.3) is 0 Å². The van der Waals surface area contributed by atoms with Gasteiger partial charge in [0.1, 0.15) is 23.2 Å². The molecule has 2 heterocycles. The summed E-state index contributed by atoms with van der Waals surface area (Å²) in [7, 11) is 0. The van der Waals surface area contributed by atoms with E-state index < -0.39 is 51.9 Å². The average Bonchev–Trinajstić information content (AvgIpc) is 3.38. The van der Waals surface area contributed by atoms with Gasteiger partial charge >= 0.3 is 11.9 Å². The number of hydrogen-bond donors (Lipinski definition) is 2. The number of ether oxygens (including phenoxy) is 1. The van der Waals surface area contributed by atoms with Gasteiger partial charge in [0.25, 0.3) is 0 Å². The molecule has 2 aromatic carbocycles. The molecule has 1 unspecified atom stereocenters. The molecule has 2 N–H and O–H groups in total. The maximum absolute atomic E-state index is 13.4. The number of carboxylic acids is 1. The van der Waals surface area contributed by atoms with Crippen LogP contribution in [0, 0.1) is 0 Å². The fourth-order valence-electron chi connectivity index (χ4n) is 5.21. The molecule has 1 aliphatic carbocycles. The van der Waals surface area contributed by atoms with Crippen molar-refractivity contribution in [3.05, 3.63) is 65.2 Å². The van der Waals surface area contributed by atoms with Crippen molar-refractivity contribution in [1.82, 2.24) is 10.2 Å². The number of esters is 1. The van der Waals surface area contributed by atoms with Crippen molar-refractivity contribution >= 4 is 35.5 Å². The first-order valence-electron chi connectivity index (χ1n) is 11.6. The van der Waals surface area contributed by atoms with E-state index in [2.05, 4.69) is 5.32 Å². The van der Waals surface area contributed by atoms with Gasteiger partial charge in [-0.25, -0.2) is 4.79 Å². The maximum Gasteiger partial charge on any atom is 0.328 e. The minimum absolute atomic E-state index is 0.382. The van der Waals surface area contributed by atoms with E-state index in [0.29, 0.717) is 11.3 Å². The summed E-state index contributed by atoms with van der Waals surface area (Å²) in [6.07, 6.45) is 2.99. The highest BCUT2D eigenvalue weighted by molar-refractivity contribution is 8.01. The Balaban J connectivity index is 1.35. The highest BCUT2D eigenvalue weighted by atomic mass is 32.2. The lowest BCUT2D eigenvalue weighted by molar-refractivity contribution is -0.161. The van der Waals surface area contributed by atoms with Gasteiger partial charge in [-0.3, -0.25) is 14.4 Å². The molecule has 0 aromatic heterocycles. The number of hydrogen-bond acceptors (Lipinski definition) is 6. The van der Waals surface area contributed by atoms with Crippen molar-refractivity contribution < 1.29 is 29.0 Å². The fourth-order valence-corrected chi connectivity index (χ4v) is 6.83. The Hall–Kier alpha value is -3.33. The molecular weight excluding hydrogens is 468 g/mol. The Labute approximate surface area is 207 Å². The van der Waals surface area contributed by atoms with Gasteiger partial charge < -0.3 is 20.1 Å². The van der Waals surface area contributed by atoms with Crippen LogP contribution in [0.1, 0.15) is 42.9 Å². The minimum Gasteiger partial charge on any atom is -0.480 e. The zero-order valence-corrected chi connectivity index (χ0v) is 20.2. The number of amides is 2. The van der Waals surface area contributed by atoms with Crippen molar-refractivity contribution in [1.29, 1.82) is 0 Å². The minimum atomic E-state index is -1.28. The molecule has 0 radical (unpaired) electrons. The van der Waals surface area contributed by atoms with Crippen LogP contribution in [0.3, 0.4) is 0 Å². The lowest BCUT2D eigenvalue weighted by Crippen LogP contribution is -2.71. The van der Waals surface area contributed by atoms with E-state index in [0.717, 1.165) is 24.8 Å². The molecule has 2 fully saturated rings. The predicted octanol–water partition coefficient (Wildman–Crippen LogP) is 2.50. The van der Waals surface area contributed by atoms with E-state index in [1.807, 2.05) is 12.1 Å². The van der Waals surface area contributed by atoms with Gasteiger partial charge in [0.15, 0.2) is 5.92 Å². The molecule has 2 amide bonds. The standard InChI is InChI=1S/C26H26N2O6S/c1-26(2)20(24(31)32)28-22(30)19(23(28)35-26)27-21(29)18(15-7-4-3-5-8-15)25(33)34-17-12-11-14-9-6-10-16(14)13-17/h3-5,7-8,11-13,18-20,23H,6,9-10H2,1-2H3,(H,27,29)(H,31,32)/t18?,19-,20-,23+/m1/s1. The summed E-state index contributed by atoms with van der Waals surface area (Å²) in [5, 5.41) is 11.8. The fraction of sp³-hybridized carbons (Fsp3) is 0.385. The third kappa shape index (κ3) is 4.07. The Morgan fingerprint density at radius 1 is 1.11 bits per heavy atom. The van der Waals surface area contributed by atoms with Crippen LogP contribution in [-0.4, -0.2) is 56.0 Å². The Kier molecular flexibility index (Phi) is 5.83. The summed E-state index contributed by atoms with van der Waals surface area (Å²) >= 11 is 1.33. The summed E-state index contributed by atoms with van der Waals surface area (Å²) in [6.45, 7) is 3.53. The smallest absolute Gasteiger partial charge is 0.328 e. The lowest BCUT2D eigenvalue weighted by Gasteiger charge is -2.43. The number of rotatable bonds is 6. The second-order valence-electron chi connectivity index (χ2n) is 9.63. The summed E-state index contributed by atoms with van der Waals surface area (Å²) < 4.78 is 4.92. The molecule has 8 nitrogen and oxygen atoms in total. The zero-order valence-electron chi connectivity index (χ0n) is 19.4. The average molecular weight is 495 g/mol. The molecule has 2 aliphatic heterocycles. The quantitative estimate of drug-likeness (QED) is 0.275. The van der Waals surface area contributed by atoms with Crippen LogP contribution < -0.4 is 10.1 Å². The molecule has 4 atom stereocenters. The summed E-state index contributed by atoms with van der Waals surface area (Å²) in [6, 6.07) is 12.2. The first kappa shape index (κ1) is 23.4. The SMILES string of the molecule is CC1(C)S[C@H]2[C@H](NC(=O)C(C(=O)Oc3ccc4c(c3)CCC4)c3ccccc3)C(=O)N2[C@@H]1C(=O)O. The van der Waals surface area contributed by atoms with Gasteiger partial charge in [-0.1, -0.05) is 36.4 Å². The van der Waals surface area contributed by atoms with Gasteiger partial charge in [0.2, 0.25) is 11.8 Å². The van der Waals surface area contributed by atoms with Crippen LogP contribution in [0.4, 0.5) is 0 Å². The number of aryl methyl sites for hydroxylation is 2. The predicted molar refractivity (Wildman–Crippen MR) is 129 cm³/mol. The number of nitrogens with one attached hydrogen (secondary N) is 1. The van der Waals surface area contributed by atoms with Crippen molar-refractivity contribution in [2.75, 3.05) is 0 Å². The summed E-state index contributed by atoms with van der Waals surface area (Å²) in [5.74, 6) is -3.83. The van der Waals surface area contributed by atoms with Gasteiger partial charge in [0.05, 0.1) is 0 Å². The third-order valence-electron chi connectivity index (χ3n) is 6.89. The van der Waals surface area contributed by atoms with Gasteiger partial charge in [-0.15, -0.1) is 11.8 Å². The maximum atomic E-state index is 13.4. The molecule has 0 spiro atoms. The zero-order chi connectivity index (χ0) is 24.9. The molecule has 0 saturated carbocycles. The molecule has 182 valence electrons.